The van der Waals surface area contributed by atoms with E-state index in [1.54, 1.807) is 6.20 Å². The van der Waals surface area contributed by atoms with E-state index in [0.29, 0.717) is 5.82 Å². The Balaban J connectivity index is 1.23. The van der Waals surface area contributed by atoms with Gasteiger partial charge in [0.2, 0.25) is 5.82 Å². The Hall–Kier alpha value is -6.80. The summed E-state index contributed by atoms with van der Waals surface area (Å²) in [4.78, 5) is 15.2. The first-order valence-electron chi connectivity index (χ1n) is 20.7. The van der Waals surface area contributed by atoms with Crippen molar-refractivity contribution in [3.63, 3.8) is 0 Å². The van der Waals surface area contributed by atoms with Crippen LogP contribution in [0.5, 0.6) is 0 Å². The highest BCUT2D eigenvalue weighted by Gasteiger charge is 2.53. The molecule has 11 rings (SSSR count). The van der Waals surface area contributed by atoms with Gasteiger partial charge in [0.05, 0.1) is 22.8 Å². The summed E-state index contributed by atoms with van der Waals surface area (Å²) >= 11 is 0. The molecule has 0 radical (unpaired) electrons. The minimum atomic E-state index is -0.421. The summed E-state index contributed by atoms with van der Waals surface area (Å²) in [7, 11) is 0. The van der Waals surface area contributed by atoms with E-state index in [9.17, 15) is 0 Å². The van der Waals surface area contributed by atoms with Gasteiger partial charge in [-0.25, -0.2) is 19.2 Å². The first kappa shape index (κ1) is 34.4. The predicted octanol–water partition coefficient (Wildman–Crippen LogP) is 10.2. The van der Waals surface area contributed by atoms with E-state index in [2.05, 4.69) is 150 Å². The molecule has 5 aromatic heterocycles. The van der Waals surface area contributed by atoms with Crippen LogP contribution in [-0.2, 0) is 12.0 Å². The van der Waals surface area contributed by atoms with E-state index in [4.69, 9.17) is 20.1 Å². The molecule has 0 saturated carbocycles. The highest BCUT2D eigenvalue weighted by Crippen LogP contribution is 2.50. The second-order valence-corrected chi connectivity index (χ2v) is 15.7. The lowest BCUT2D eigenvalue weighted by Crippen LogP contribution is -2.60. The lowest BCUT2D eigenvalue weighted by molar-refractivity contribution is -0.754. The largest absolute Gasteiger partial charge is 0.350 e. The van der Waals surface area contributed by atoms with E-state index in [-0.39, 0.29) is 6.04 Å². The van der Waals surface area contributed by atoms with Gasteiger partial charge >= 0.3 is 5.65 Å². The van der Waals surface area contributed by atoms with Gasteiger partial charge < -0.3 is 4.57 Å². The molecular formula is C50H44N8+2. The number of aromatic nitrogens is 8. The SMILES string of the molecule is CCCCc1ccc(-n2c3ccccc3c3c4c(ccc32)C(C2=Cn3nc(-c5ccccc5)nc3-c3cccc[n+]3C2(CC)CC)[n+]2c-4ccc3nccnc32)cc1. The Bertz CT molecular complexity index is 3080. The van der Waals surface area contributed by atoms with Gasteiger partial charge in [0.1, 0.15) is 5.69 Å². The van der Waals surface area contributed by atoms with Crippen LogP contribution in [-0.4, -0.2) is 29.3 Å². The van der Waals surface area contributed by atoms with Crippen LogP contribution in [0.25, 0.3) is 79.0 Å². The number of rotatable bonds is 8. The summed E-state index contributed by atoms with van der Waals surface area (Å²) in [5.41, 5.74) is 13.1. The maximum absolute atomic E-state index is 5.24. The first-order valence-corrected chi connectivity index (χ1v) is 20.7. The van der Waals surface area contributed by atoms with Gasteiger partial charge in [-0.05, 0) is 65.9 Å². The fourth-order valence-electron chi connectivity index (χ4n) is 9.97. The zero-order valence-electron chi connectivity index (χ0n) is 33.0. The number of hydrogen-bond donors (Lipinski definition) is 0. The average Bonchev–Trinajstić information content (AvgIpc) is 3.95. The highest BCUT2D eigenvalue weighted by molar-refractivity contribution is 6.16. The predicted molar refractivity (Wildman–Crippen MR) is 230 cm³/mol. The highest BCUT2D eigenvalue weighted by atomic mass is 15.4. The summed E-state index contributed by atoms with van der Waals surface area (Å²) in [6.07, 6.45) is 13.3. The summed E-state index contributed by atoms with van der Waals surface area (Å²) < 4.78 is 9.39. The van der Waals surface area contributed by atoms with Crippen molar-refractivity contribution in [3.8, 4) is 39.9 Å². The molecule has 2 aliphatic heterocycles. The van der Waals surface area contributed by atoms with Crippen LogP contribution in [0.2, 0.25) is 0 Å². The van der Waals surface area contributed by atoms with Crippen LogP contribution >= 0.6 is 0 Å². The lowest BCUT2D eigenvalue weighted by Gasteiger charge is -2.31. The maximum atomic E-state index is 5.24. The molecule has 0 spiro atoms. The third-order valence-corrected chi connectivity index (χ3v) is 12.8. The van der Waals surface area contributed by atoms with Crippen LogP contribution in [0, 0.1) is 0 Å². The number of nitrogens with zero attached hydrogens (tertiary/aromatic N) is 8. The zero-order valence-corrected chi connectivity index (χ0v) is 33.0. The molecule has 2 aliphatic rings. The minimum Gasteiger partial charge on any atom is -0.309 e. The van der Waals surface area contributed by atoms with E-state index in [0.717, 1.165) is 53.2 Å². The van der Waals surface area contributed by atoms with Gasteiger partial charge in [-0.2, -0.15) is 4.57 Å². The van der Waals surface area contributed by atoms with Crippen LogP contribution in [0.3, 0.4) is 0 Å². The molecule has 8 nitrogen and oxygen atoms in total. The Morgan fingerprint density at radius 1 is 0.724 bits per heavy atom. The molecule has 7 heterocycles. The van der Waals surface area contributed by atoms with Crippen LogP contribution in [0.1, 0.15) is 63.6 Å². The van der Waals surface area contributed by atoms with Crippen LogP contribution in [0.15, 0.2) is 145 Å². The molecule has 0 amide bonds. The number of allylic oxidation sites excluding steroid dienone is 1. The van der Waals surface area contributed by atoms with E-state index in [1.807, 2.05) is 29.1 Å². The quantitative estimate of drug-likeness (QED) is 0.145. The zero-order chi connectivity index (χ0) is 39.0. The Morgan fingerprint density at radius 3 is 2.34 bits per heavy atom. The van der Waals surface area contributed by atoms with Gasteiger partial charge in [0, 0.05) is 64.3 Å². The van der Waals surface area contributed by atoms with Crippen molar-refractivity contribution >= 4 is 39.2 Å². The number of benzene rings is 4. The van der Waals surface area contributed by atoms with Crippen molar-refractivity contribution < 1.29 is 9.13 Å². The maximum Gasteiger partial charge on any atom is 0.350 e. The summed E-state index contributed by atoms with van der Waals surface area (Å²) in [5.74, 6) is 1.52. The molecule has 4 aromatic carbocycles. The molecule has 0 bridgehead atoms. The normalized spacial score (nSPS) is 15.2. The number of aryl methyl sites for hydroxylation is 1. The van der Waals surface area contributed by atoms with Crippen molar-refractivity contribution in [2.75, 3.05) is 0 Å². The number of fused-ring (bicyclic) bond motifs is 12. The van der Waals surface area contributed by atoms with Crippen molar-refractivity contribution in [2.45, 2.75) is 64.5 Å². The number of unbranched alkanes of at least 4 members (excludes halogenated alkanes) is 1. The number of para-hydroxylation sites is 1. The Kier molecular flexibility index (Phi) is 7.96. The van der Waals surface area contributed by atoms with Crippen molar-refractivity contribution in [3.05, 3.63) is 157 Å². The summed E-state index contributed by atoms with van der Waals surface area (Å²) in [6.45, 7) is 6.88. The van der Waals surface area contributed by atoms with Crippen LogP contribution in [0.4, 0.5) is 0 Å². The molecule has 0 N–H and O–H groups in total. The average molecular weight is 757 g/mol. The van der Waals surface area contributed by atoms with Gasteiger partial charge in [-0.1, -0.05) is 93.9 Å². The monoisotopic (exact) mass is 756 g/mol. The third kappa shape index (κ3) is 4.93. The van der Waals surface area contributed by atoms with Gasteiger partial charge in [0.25, 0.3) is 5.69 Å². The first-order chi connectivity index (χ1) is 28.6. The van der Waals surface area contributed by atoms with E-state index in [1.165, 1.54) is 62.6 Å². The van der Waals surface area contributed by atoms with Crippen molar-refractivity contribution in [1.82, 2.24) is 29.3 Å². The molecule has 8 heteroatoms. The fourth-order valence-corrected chi connectivity index (χ4v) is 9.97. The second kappa shape index (κ2) is 13.4. The standard InChI is InChI=1S/C50H44N8/c1-4-7-15-33-21-23-35(24-22-33)57-40-19-12-11-18-36(40)44-41(57)27-25-37-45(44)42-28-26-39-48(52-30-29-51-39)58(42)46(37)38-32-56-49(53-47(54-56)34-16-9-8-10-17-34)43-20-13-14-31-55(43)50(38,5-2)6-3/h8-14,16-32,46H,4-7,15H2,1-3H3/q+2. The number of pyridine rings is 2. The lowest BCUT2D eigenvalue weighted by atomic mass is 9.78. The van der Waals surface area contributed by atoms with Gasteiger partial charge in [-0.15, -0.1) is 5.10 Å². The van der Waals surface area contributed by atoms with Crippen LogP contribution < -0.4 is 9.13 Å². The molecule has 282 valence electrons. The molecule has 0 aliphatic carbocycles. The van der Waals surface area contributed by atoms with E-state index >= 15 is 0 Å². The third-order valence-electron chi connectivity index (χ3n) is 12.8. The Morgan fingerprint density at radius 2 is 1.52 bits per heavy atom. The number of hydrogen-bond acceptors (Lipinski definition) is 4. The van der Waals surface area contributed by atoms with Gasteiger partial charge in [0.15, 0.2) is 35.3 Å². The molecule has 1 atom stereocenters. The molecular weight excluding hydrogens is 713 g/mol. The topological polar surface area (TPSA) is 69.2 Å². The summed E-state index contributed by atoms with van der Waals surface area (Å²) in [6, 6.07) is 43.7. The molecule has 0 saturated heterocycles. The molecule has 0 fully saturated rings. The van der Waals surface area contributed by atoms with Crippen molar-refractivity contribution in [1.29, 1.82) is 0 Å². The smallest absolute Gasteiger partial charge is 0.309 e. The minimum absolute atomic E-state index is 0.217. The van der Waals surface area contributed by atoms with Gasteiger partial charge in [-0.3, -0.25) is 0 Å². The second-order valence-electron chi connectivity index (χ2n) is 15.7. The fraction of sp³-hybridized carbons (Fsp3) is 0.200. The molecule has 1 unspecified atom stereocenters. The summed E-state index contributed by atoms with van der Waals surface area (Å²) in [5, 5.41) is 7.71. The molecule has 58 heavy (non-hydrogen) atoms. The van der Waals surface area contributed by atoms with Crippen molar-refractivity contribution in [2.24, 2.45) is 0 Å². The van der Waals surface area contributed by atoms with E-state index < -0.39 is 5.54 Å². The molecule has 9 aromatic rings. The Labute approximate surface area is 337 Å².